The molecule has 2 aromatic carbocycles. The van der Waals surface area contributed by atoms with Crippen molar-refractivity contribution in [1.29, 1.82) is 0 Å². The van der Waals surface area contributed by atoms with Crippen LogP contribution in [0.25, 0.3) is 0 Å². The molecule has 2 aromatic rings. The van der Waals surface area contributed by atoms with Crippen LogP contribution in [-0.2, 0) is 20.0 Å². The molecule has 3 rings (SSSR count). The minimum absolute atomic E-state index is 0.0353. The van der Waals surface area contributed by atoms with Gasteiger partial charge in [0.05, 0.1) is 33.0 Å². The van der Waals surface area contributed by atoms with Gasteiger partial charge in [0, 0.05) is 37.8 Å². The van der Waals surface area contributed by atoms with E-state index in [0.29, 0.717) is 20.4 Å². The molecule has 1 aliphatic heterocycles. The van der Waals surface area contributed by atoms with Crippen LogP contribution >= 0.6 is 31.9 Å². The standard InChI is InChI=1S/C19H22Br2N2O6S2/c1-13-12-22(30(24,25)14-4-6-16(20)18(10-14)28-2)8-9-23(13)31(26,27)15-5-7-17(21)19(11-15)29-3/h4-7,10-11,13H,8-9,12H2,1-3H3/t13-/m0/s1. The van der Waals surface area contributed by atoms with Crippen molar-refractivity contribution in [2.24, 2.45) is 0 Å². The summed E-state index contributed by atoms with van der Waals surface area (Å²) < 4.78 is 66.9. The number of halogens is 2. The molecule has 1 heterocycles. The molecule has 1 saturated heterocycles. The van der Waals surface area contributed by atoms with Gasteiger partial charge in [0.2, 0.25) is 20.0 Å². The average Bonchev–Trinajstić information content (AvgIpc) is 2.73. The summed E-state index contributed by atoms with van der Waals surface area (Å²) in [6.07, 6.45) is 0. The number of hydrogen-bond acceptors (Lipinski definition) is 6. The van der Waals surface area contributed by atoms with E-state index < -0.39 is 26.1 Å². The number of nitrogens with zero attached hydrogens (tertiary/aromatic N) is 2. The molecule has 0 saturated carbocycles. The van der Waals surface area contributed by atoms with Gasteiger partial charge in [-0.1, -0.05) is 0 Å². The molecule has 0 amide bonds. The summed E-state index contributed by atoms with van der Waals surface area (Å²) in [7, 11) is -4.72. The molecule has 1 atom stereocenters. The number of sulfonamides is 2. The summed E-state index contributed by atoms with van der Waals surface area (Å²) in [5, 5.41) is 0. The van der Waals surface area contributed by atoms with E-state index in [9.17, 15) is 16.8 Å². The summed E-state index contributed by atoms with van der Waals surface area (Å²) in [6, 6.07) is 8.54. The van der Waals surface area contributed by atoms with E-state index >= 15 is 0 Å². The van der Waals surface area contributed by atoms with Gasteiger partial charge in [-0.05, 0) is 63.0 Å². The van der Waals surface area contributed by atoms with E-state index in [2.05, 4.69) is 31.9 Å². The molecule has 12 heteroatoms. The molecule has 0 N–H and O–H groups in total. The Bertz CT molecular complexity index is 1190. The number of hydrogen-bond donors (Lipinski definition) is 0. The molecule has 8 nitrogen and oxygen atoms in total. The van der Waals surface area contributed by atoms with E-state index in [1.165, 1.54) is 47.1 Å². The zero-order chi connectivity index (χ0) is 23.0. The highest BCUT2D eigenvalue weighted by Crippen LogP contribution is 2.32. The van der Waals surface area contributed by atoms with Gasteiger partial charge in [-0.2, -0.15) is 8.61 Å². The second-order valence-electron chi connectivity index (χ2n) is 6.92. The van der Waals surface area contributed by atoms with Crippen LogP contribution in [-0.4, -0.2) is 65.3 Å². The van der Waals surface area contributed by atoms with Crippen LogP contribution in [0, 0.1) is 0 Å². The van der Waals surface area contributed by atoms with Gasteiger partial charge in [0.15, 0.2) is 0 Å². The third-order valence-corrected chi connectivity index (χ3v) is 10.2. The van der Waals surface area contributed by atoms with E-state index in [1.54, 1.807) is 19.1 Å². The third-order valence-electron chi connectivity index (χ3n) is 5.02. The number of benzene rings is 2. The largest absolute Gasteiger partial charge is 0.496 e. The highest BCUT2D eigenvalue weighted by molar-refractivity contribution is 9.10. The Hall–Kier alpha value is -1.18. The summed E-state index contributed by atoms with van der Waals surface area (Å²) in [6.45, 7) is 1.80. The quantitative estimate of drug-likeness (QED) is 0.507. The Morgan fingerprint density at radius 3 is 1.77 bits per heavy atom. The van der Waals surface area contributed by atoms with Crippen LogP contribution in [0.3, 0.4) is 0 Å². The van der Waals surface area contributed by atoms with Crippen molar-refractivity contribution in [3.63, 3.8) is 0 Å². The van der Waals surface area contributed by atoms with Crippen LogP contribution in [0.2, 0.25) is 0 Å². The Morgan fingerprint density at radius 1 is 0.839 bits per heavy atom. The average molecular weight is 598 g/mol. The smallest absolute Gasteiger partial charge is 0.243 e. The number of rotatable bonds is 6. The second-order valence-corrected chi connectivity index (χ2v) is 12.5. The molecular weight excluding hydrogens is 576 g/mol. The van der Waals surface area contributed by atoms with Gasteiger partial charge < -0.3 is 9.47 Å². The first-order chi connectivity index (χ1) is 14.5. The van der Waals surface area contributed by atoms with Gasteiger partial charge in [0.25, 0.3) is 0 Å². The minimum atomic E-state index is -3.83. The minimum Gasteiger partial charge on any atom is -0.496 e. The van der Waals surface area contributed by atoms with Crippen molar-refractivity contribution in [3.05, 3.63) is 45.3 Å². The molecule has 170 valence electrons. The Balaban J connectivity index is 1.85. The monoisotopic (exact) mass is 596 g/mol. The molecule has 31 heavy (non-hydrogen) atoms. The normalized spacial score (nSPS) is 18.7. The van der Waals surface area contributed by atoms with E-state index in [-0.39, 0.29) is 29.4 Å². The predicted molar refractivity (Wildman–Crippen MR) is 124 cm³/mol. The maximum absolute atomic E-state index is 13.2. The van der Waals surface area contributed by atoms with E-state index in [1.807, 2.05) is 0 Å². The number of methoxy groups -OCH3 is 2. The Kier molecular flexibility index (Phi) is 7.38. The topological polar surface area (TPSA) is 93.2 Å². The highest BCUT2D eigenvalue weighted by atomic mass is 79.9. The van der Waals surface area contributed by atoms with E-state index in [0.717, 1.165) is 0 Å². The maximum Gasteiger partial charge on any atom is 0.243 e. The first kappa shape index (κ1) is 24.5. The number of piperazine rings is 1. The van der Waals surface area contributed by atoms with Crippen molar-refractivity contribution in [1.82, 2.24) is 8.61 Å². The Morgan fingerprint density at radius 2 is 1.32 bits per heavy atom. The summed E-state index contributed by atoms with van der Waals surface area (Å²) in [4.78, 5) is 0.182. The lowest BCUT2D eigenvalue weighted by Gasteiger charge is -2.38. The highest BCUT2D eigenvalue weighted by Gasteiger charge is 2.38. The molecular formula is C19H22Br2N2O6S2. The van der Waals surface area contributed by atoms with Crippen LogP contribution in [0.5, 0.6) is 11.5 Å². The number of ether oxygens (including phenoxy) is 2. The lowest BCUT2D eigenvalue weighted by molar-refractivity contribution is 0.212. The van der Waals surface area contributed by atoms with Crippen LogP contribution < -0.4 is 9.47 Å². The lowest BCUT2D eigenvalue weighted by Crippen LogP contribution is -2.55. The summed E-state index contributed by atoms with van der Waals surface area (Å²) in [5.74, 6) is 0.804. The fourth-order valence-electron chi connectivity index (χ4n) is 3.37. The predicted octanol–water partition coefficient (Wildman–Crippen LogP) is 3.31. The van der Waals surface area contributed by atoms with Crippen LogP contribution in [0.15, 0.2) is 55.1 Å². The summed E-state index contributed by atoms with van der Waals surface area (Å²) >= 11 is 6.62. The molecule has 0 unspecified atom stereocenters. The van der Waals surface area contributed by atoms with Crippen molar-refractivity contribution < 1.29 is 26.3 Å². The van der Waals surface area contributed by atoms with Crippen LogP contribution in [0.1, 0.15) is 6.92 Å². The molecule has 0 bridgehead atoms. The van der Waals surface area contributed by atoms with Crippen LogP contribution in [0.4, 0.5) is 0 Å². The second kappa shape index (κ2) is 9.36. The fourth-order valence-corrected chi connectivity index (χ4v) is 7.34. The molecule has 0 spiro atoms. The fraction of sp³-hybridized carbons (Fsp3) is 0.368. The van der Waals surface area contributed by atoms with Crippen molar-refractivity contribution >= 4 is 51.9 Å². The van der Waals surface area contributed by atoms with Gasteiger partial charge in [-0.15, -0.1) is 0 Å². The SMILES string of the molecule is COc1cc(S(=O)(=O)N2CCN(S(=O)(=O)c3ccc(Br)c(OC)c3)[C@@H](C)C2)ccc1Br. The molecule has 0 aliphatic carbocycles. The lowest BCUT2D eigenvalue weighted by atomic mass is 10.3. The van der Waals surface area contributed by atoms with Crippen molar-refractivity contribution in [2.45, 2.75) is 22.8 Å². The summed E-state index contributed by atoms with van der Waals surface area (Å²) in [5.41, 5.74) is 0. The molecule has 0 radical (unpaired) electrons. The van der Waals surface area contributed by atoms with Gasteiger partial charge in [-0.25, -0.2) is 16.8 Å². The molecule has 0 aromatic heterocycles. The van der Waals surface area contributed by atoms with Gasteiger partial charge in [0.1, 0.15) is 11.5 Å². The molecule has 1 aliphatic rings. The van der Waals surface area contributed by atoms with Gasteiger partial charge >= 0.3 is 0 Å². The molecule has 1 fully saturated rings. The first-order valence-corrected chi connectivity index (χ1v) is 13.7. The van der Waals surface area contributed by atoms with Crippen molar-refractivity contribution in [2.75, 3.05) is 33.9 Å². The van der Waals surface area contributed by atoms with Crippen molar-refractivity contribution in [3.8, 4) is 11.5 Å². The maximum atomic E-state index is 13.2. The first-order valence-electron chi connectivity index (χ1n) is 9.21. The van der Waals surface area contributed by atoms with E-state index in [4.69, 9.17) is 9.47 Å². The zero-order valence-electron chi connectivity index (χ0n) is 17.1. The van der Waals surface area contributed by atoms with Gasteiger partial charge in [-0.3, -0.25) is 0 Å². The zero-order valence-corrected chi connectivity index (χ0v) is 21.9. The third kappa shape index (κ3) is 4.79. The Labute approximate surface area is 199 Å².